The SMILES string of the molecule is O=C1CCc2cc(NC(=O)c3cc(S(=O)(=O)N4CCOCC4)ccc3N3CCCC3)ccc2N1. The van der Waals surface area contributed by atoms with Crippen LogP contribution in [-0.2, 0) is 26.0 Å². The van der Waals surface area contributed by atoms with Crippen molar-refractivity contribution in [2.24, 2.45) is 0 Å². The van der Waals surface area contributed by atoms with Crippen molar-refractivity contribution in [3.05, 3.63) is 47.5 Å². The lowest BCUT2D eigenvalue weighted by Gasteiger charge is -2.27. The summed E-state index contributed by atoms with van der Waals surface area (Å²) < 4.78 is 33.2. The van der Waals surface area contributed by atoms with Gasteiger partial charge in [0, 0.05) is 49.7 Å². The average molecular weight is 485 g/mol. The Morgan fingerprint density at radius 3 is 2.50 bits per heavy atom. The van der Waals surface area contributed by atoms with Crippen LogP contribution in [0.25, 0.3) is 0 Å². The third-order valence-corrected chi connectivity index (χ3v) is 8.42. The number of carbonyl (C=O) groups excluding carboxylic acids is 2. The van der Waals surface area contributed by atoms with Gasteiger partial charge in [0.1, 0.15) is 0 Å². The van der Waals surface area contributed by atoms with Gasteiger partial charge in [0.05, 0.1) is 23.7 Å². The largest absolute Gasteiger partial charge is 0.379 e. The molecular weight excluding hydrogens is 456 g/mol. The number of nitrogens with one attached hydrogen (secondary N) is 2. The van der Waals surface area contributed by atoms with Gasteiger partial charge in [0.25, 0.3) is 5.91 Å². The number of carbonyl (C=O) groups is 2. The highest BCUT2D eigenvalue weighted by molar-refractivity contribution is 7.89. The summed E-state index contributed by atoms with van der Waals surface area (Å²) in [5, 5.41) is 5.77. The second-order valence-corrected chi connectivity index (χ2v) is 10.7. The monoisotopic (exact) mass is 484 g/mol. The van der Waals surface area contributed by atoms with Crippen molar-refractivity contribution in [2.45, 2.75) is 30.6 Å². The Hall–Kier alpha value is -2.95. The lowest BCUT2D eigenvalue weighted by Crippen LogP contribution is -2.40. The Balaban J connectivity index is 1.46. The molecule has 2 aromatic rings. The van der Waals surface area contributed by atoms with Crippen LogP contribution in [0, 0.1) is 0 Å². The van der Waals surface area contributed by atoms with Crippen LogP contribution in [-0.4, -0.2) is 63.9 Å². The smallest absolute Gasteiger partial charge is 0.257 e. The molecule has 180 valence electrons. The predicted molar refractivity (Wildman–Crippen MR) is 129 cm³/mol. The molecule has 2 saturated heterocycles. The number of amides is 2. The van der Waals surface area contributed by atoms with Crippen LogP contribution in [0.4, 0.5) is 17.1 Å². The molecule has 9 nitrogen and oxygen atoms in total. The van der Waals surface area contributed by atoms with Gasteiger partial charge < -0.3 is 20.3 Å². The Morgan fingerprint density at radius 1 is 0.971 bits per heavy atom. The molecule has 2 fully saturated rings. The van der Waals surface area contributed by atoms with Gasteiger partial charge in [-0.2, -0.15) is 4.31 Å². The van der Waals surface area contributed by atoms with Crippen LogP contribution in [0.2, 0.25) is 0 Å². The van der Waals surface area contributed by atoms with Gasteiger partial charge in [-0.1, -0.05) is 0 Å². The maximum atomic E-state index is 13.4. The van der Waals surface area contributed by atoms with Gasteiger partial charge in [0.15, 0.2) is 0 Å². The first kappa shape index (κ1) is 22.8. The van der Waals surface area contributed by atoms with E-state index < -0.39 is 10.0 Å². The molecule has 0 atom stereocenters. The lowest BCUT2D eigenvalue weighted by molar-refractivity contribution is -0.116. The number of morpholine rings is 1. The minimum absolute atomic E-state index is 0.0159. The molecule has 3 aliphatic heterocycles. The summed E-state index contributed by atoms with van der Waals surface area (Å²) in [4.78, 5) is 27.3. The molecule has 34 heavy (non-hydrogen) atoms. The molecule has 3 heterocycles. The van der Waals surface area contributed by atoms with Crippen molar-refractivity contribution in [1.82, 2.24) is 4.31 Å². The molecule has 10 heteroatoms. The van der Waals surface area contributed by atoms with Gasteiger partial charge >= 0.3 is 0 Å². The second kappa shape index (κ2) is 9.36. The van der Waals surface area contributed by atoms with Crippen LogP contribution in [0.1, 0.15) is 35.2 Å². The number of benzene rings is 2. The Kier molecular flexibility index (Phi) is 6.28. The molecule has 0 radical (unpaired) electrons. The minimum atomic E-state index is -3.73. The van der Waals surface area contributed by atoms with E-state index in [0.717, 1.165) is 42.9 Å². The first-order valence-corrected chi connectivity index (χ1v) is 13.1. The van der Waals surface area contributed by atoms with E-state index in [4.69, 9.17) is 4.74 Å². The van der Waals surface area contributed by atoms with Gasteiger partial charge in [-0.3, -0.25) is 9.59 Å². The number of ether oxygens (including phenoxy) is 1. The molecule has 3 aliphatic rings. The number of sulfonamides is 1. The molecule has 5 rings (SSSR count). The quantitative estimate of drug-likeness (QED) is 0.675. The number of hydrogen-bond acceptors (Lipinski definition) is 6. The summed E-state index contributed by atoms with van der Waals surface area (Å²) >= 11 is 0. The number of nitrogens with zero attached hydrogens (tertiary/aromatic N) is 2. The number of hydrogen-bond donors (Lipinski definition) is 2. The zero-order valence-electron chi connectivity index (χ0n) is 18.9. The highest BCUT2D eigenvalue weighted by atomic mass is 32.2. The number of aryl methyl sites for hydroxylation is 1. The summed E-state index contributed by atoms with van der Waals surface area (Å²) in [6.45, 7) is 2.96. The van der Waals surface area contributed by atoms with Crippen molar-refractivity contribution < 1.29 is 22.7 Å². The second-order valence-electron chi connectivity index (χ2n) is 8.76. The highest BCUT2D eigenvalue weighted by Gasteiger charge is 2.29. The molecule has 0 aliphatic carbocycles. The normalized spacial score (nSPS) is 18.9. The fourth-order valence-corrected chi connectivity index (χ4v) is 6.12. The number of anilines is 3. The summed E-state index contributed by atoms with van der Waals surface area (Å²) in [6.07, 6.45) is 3.08. The molecule has 0 spiro atoms. The van der Waals surface area contributed by atoms with E-state index in [1.807, 2.05) is 6.07 Å². The summed E-state index contributed by atoms with van der Waals surface area (Å²) in [5.41, 5.74) is 3.39. The van der Waals surface area contributed by atoms with Crippen molar-refractivity contribution in [2.75, 3.05) is 54.9 Å². The number of fused-ring (bicyclic) bond motifs is 1. The van der Waals surface area contributed by atoms with Crippen LogP contribution in [0.3, 0.4) is 0 Å². The molecule has 0 aromatic heterocycles. The Labute approximate surface area is 199 Å². The molecule has 2 amide bonds. The summed E-state index contributed by atoms with van der Waals surface area (Å²) in [5.74, 6) is -0.376. The number of rotatable bonds is 5. The fraction of sp³-hybridized carbons (Fsp3) is 0.417. The fourth-order valence-electron chi connectivity index (χ4n) is 4.69. The van der Waals surface area contributed by atoms with Crippen molar-refractivity contribution >= 4 is 38.9 Å². The maximum absolute atomic E-state index is 13.4. The molecule has 0 bridgehead atoms. The van der Waals surface area contributed by atoms with Gasteiger partial charge in [-0.15, -0.1) is 0 Å². The standard InChI is InChI=1S/C24H28N4O5S/c29-23-8-3-17-15-18(4-6-21(17)26-23)25-24(30)20-16-19(5-7-22(20)27-9-1-2-10-27)34(31,32)28-11-13-33-14-12-28/h4-7,15-16H,1-3,8-14H2,(H,25,30)(H,26,29). The van der Waals surface area contributed by atoms with Crippen molar-refractivity contribution in [3.8, 4) is 0 Å². The topological polar surface area (TPSA) is 108 Å². The molecule has 0 unspecified atom stereocenters. The van der Waals surface area contributed by atoms with E-state index >= 15 is 0 Å². The lowest BCUT2D eigenvalue weighted by atomic mass is 10.0. The minimum Gasteiger partial charge on any atom is -0.379 e. The van der Waals surface area contributed by atoms with Gasteiger partial charge in [-0.05, 0) is 61.2 Å². The highest BCUT2D eigenvalue weighted by Crippen LogP contribution is 2.31. The average Bonchev–Trinajstić information content (AvgIpc) is 3.39. The molecule has 2 N–H and O–H groups in total. The predicted octanol–water partition coefficient (Wildman–Crippen LogP) is 2.44. The van der Waals surface area contributed by atoms with Crippen LogP contribution in [0.5, 0.6) is 0 Å². The van der Waals surface area contributed by atoms with Crippen molar-refractivity contribution in [1.29, 1.82) is 0 Å². The van der Waals surface area contributed by atoms with Crippen molar-refractivity contribution in [3.63, 3.8) is 0 Å². The zero-order valence-corrected chi connectivity index (χ0v) is 19.7. The Morgan fingerprint density at radius 2 is 1.74 bits per heavy atom. The first-order valence-electron chi connectivity index (χ1n) is 11.6. The maximum Gasteiger partial charge on any atom is 0.257 e. The van der Waals surface area contributed by atoms with E-state index in [1.54, 1.807) is 24.3 Å². The molecule has 2 aromatic carbocycles. The van der Waals surface area contributed by atoms with E-state index in [-0.39, 0.29) is 16.7 Å². The third kappa shape index (κ3) is 4.53. The zero-order chi connectivity index (χ0) is 23.7. The molecular formula is C24H28N4O5S. The summed E-state index contributed by atoms with van der Waals surface area (Å²) in [7, 11) is -3.73. The Bertz CT molecular complexity index is 1220. The van der Waals surface area contributed by atoms with E-state index in [0.29, 0.717) is 50.4 Å². The van der Waals surface area contributed by atoms with Crippen LogP contribution < -0.4 is 15.5 Å². The van der Waals surface area contributed by atoms with Crippen LogP contribution >= 0.6 is 0 Å². The van der Waals surface area contributed by atoms with E-state index in [1.165, 1.54) is 10.4 Å². The summed E-state index contributed by atoms with van der Waals surface area (Å²) in [6, 6.07) is 10.2. The van der Waals surface area contributed by atoms with E-state index in [2.05, 4.69) is 15.5 Å². The van der Waals surface area contributed by atoms with Gasteiger partial charge in [0.2, 0.25) is 15.9 Å². The van der Waals surface area contributed by atoms with Crippen LogP contribution in [0.15, 0.2) is 41.3 Å². The third-order valence-electron chi connectivity index (χ3n) is 6.53. The molecule has 0 saturated carbocycles. The van der Waals surface area contributed by atoms with Gasteiger partial charge in [-0.25, -0.2) is 8.42 Å². The van der Waals surface area contributed by atoms with E-state index in [9.17, 15) is 18.0 Å². The first-order chi connectivity index (χ1) is 16.4.